The second-order valence-electron chi connectivity index (χ2n) is 6.40. The lowest BCUT2D eigenvalue weighted by Gasteiger charge is -2.33. The van der Waals surface area contributed by atoms with Gasteiger partial charge in [0.15, 0.2) is 0 Å². The van der Waals surface area contributed by atoms with E-state index in [1.807, 2.05) is 20.8 Å². The third-order valence-corrected chi connectivity index (χ3v) is 3.36. The summed E-state index contributed by atoms with van der Waals surface area (Å²) >= 11 is 0. The van der Waals surface area contributed by atoms with Crippen LogP contribution in [0.2, 0.25) is 0 Å². The molecule has 1 rings (SSSR count). The molecule has 126 valence electrons. The van der Waals surface area contributed by atoms with Crippen molar-refractivity contribution < 1.29 is 9.53 Å². The Kier molecular flexibility index (Phi) is 9.62. The molecule has 5 heteroatoms. The van der Waals surface area contributed by atoms with Crippen molar-refractivity contribution in [3.05, 3.63) is 0 Å². The SMILES string of the molecule is CCN(CC)CC.C[C@H]1CN(C(=O)OC(C)(C)C)CCN1. The highest BCUT2D eigenvalue weighted by Gasteiger charge is 2.25. The van der Waals surface area contributed by atoms with Gasteiger partial charge in [0.1, 0.15) is 5.60 Å². The van der Waals surface area contributed by atoms with E-state index in [9.17, 15) is 4.79 Å². The molecule has 0 aromatic carbocycles. The molecule has 0 aromatic rings. The second kappa shape index (κ2) is 10.0. The van der Waals surface area contributed by atoms with Crippen molar-refractivity contribution in [1.82, 2.24) is 15.1 Å². The number of amides is 1. The summed E-state index contributed by atoms with van der Waals surface area (Å²) in [4.78, 5) is 15.8. The van der Waals surface area contributed by atoms with Gasteiger partial charge in [-0.1, -0.05) is 20.8 Å². The standard InChI is InChI=1S/C10H20N2O2.C6H15N/c1-8-7-12(6-5-11-8)9(13)14-10(2,3)4;1-4-7(5-2)6-3/h8,11H,5-7H2,1-4H3;4-6H2,1-3H3/t8-;/m0./s1. The van der Waals surface area contributed by atoms with Crippen LogP contribution in [0.1, 0.15) is 48.5 Å². The van der Waals surface area contributed by atoms with Crippen molar-refractivity contribution in [3.8, 4) is 0 Å². The molecule has 0 aliphatic carbocycles. The summed E-state index contributed by atoms with van der Waals surface area (Å²) < 4.78 is 5.28. The molecule has 0 bridgehead atoms. The smallest absolute Gasteiger partial charge is 0.410 e. The number of piperazine rings is 1. The number of hydrogen-bond acceptors (Lipinski definition) is 4. The molecule has 1 N–H and O–H groups in total. The van der Waals surface area contributed by atoms with Crippen molar-refractivity contribution in [2.45, 2.75) is 60.1 Å². The Bertz CT molecular complexity index is 280. The summed E-state index contributed by atoms with van der Waals surface area (Å²) in [6.45, 7) is 20.2. The molecule has 0 spiro atoms. The fraction of sp³-hybridized carbons (Fsp3) is 0.938. The van der Waals surface area contributed by atoms with E-state index in [4.69, 9.17) is 4.74 Å². The molecule has 1 saturated heterocycles. The summed E-state index contributed by atoms with van der Waals surface area (Å²) in [5.74, 6) is 0. The fourth-order valence-corrected chi connectivity index (χ4v) is 2.10. The van der Waals surface area contributed by atoms with Gasteiger partial charge in [-0.2, -0.15) is 0 Å². The quantitative estimate of drug-likeness (QED) is 0.870. The first-order valence-electron chi connectivity index (χ1n) is 8.17. The Morgan fingerprint density at radius 2 is 1.76 bits per heavy atom. The maximum atomic E-state index is 11.6. The summed E-state index contributed by atoms with van der Waals surface area (Å²) in [5.41, 5.74) is -0.398. The van der Waals surface area contributed by atoms with Crippen LogP contribution < -0.4 is 5.32 Å². The first kappa shape index (κ1) is 20.2. The van der Waals surface area contributed by atoms with E-state index in [1.165, 1.54) is 19.6 Å². The maximum absolute atomic E-state index is 11.6. The van der Waals surface area contributed by atoms with Crippen molar-refractivity contribution in [2.75, 3.05) is 39.3 Å². The lowest BCUT2D eigenvalue weighted by molar-refractivity contribution is 0.0201. The van der Waals surface area contributed by atoms with Crippen molar-refractivity contribution in [3.63, 3.8) is 0 Å². The van der Waals surface area contributed by atoms with Crippen LogP contribution in [0.4, 0.5) is 4.79 Å². The zero-order valence-corrected chi connectivity index (χ0v) is 15.0. The van der Waals surface area contributed by atoms with Gasteiger partial charge in [0, 0.05) is 25.7 Å². The lowest BCUT2D eigenvalue weighted by Crippen LogP contribution is -2.52. The third-order valence-electron chi connectivity index (χ3n) is 3.36. The predicted molar refractivity (Wildman–Crippen MR) is 88.7 cm³/mol. The average molecular weight is 301 g/mol. The fourth-order valence-electron chi connectivity index (χ4n) is 2.10. The number of nitrogens with one attached hydrogen (secondary N) is 1. The highest BCUT2D eigenvalue weighted by molar-refractivity contribution is 5.68. The number of rotatable bonds is 3. The maximum Gasteiger partial charge on any atom is 0.410 e. The summed E-state index contributed by atoms with van der Waals surface area (Å²) in [6, 6.07) is 0.358. The van der Waals surface area contributed by atoms with E-state index < -0.39 is 5.60 Å². The van der Waals surface area contributed by atoms with E-state index in [-0.39, 0.29) is 6.09 Å². The first-order valence-corrected chi connectivity index (χ1v) is 8.17. The van der Waals surface area contributed by atoms with Crippen LogP contribution in [-0.2, 0) is 4.74 Å². The Morgan fingerprint density at radius 1 is 1.24 bits per heavy atom. The topological polar surface area (TPSA) is 44.8 Å². The predicted octanol–water partition coefficient (Wildman–Crippen LogP) is 2.56. The van der Waals surface area contributed by atoms with Crippen LogP contribution in [0.3, 0.4) is 0 Å². The van der Waals surface area contributed by atoms with Crippen molar-refractivity contribution >= 4 is 6.09 Å². The molecule has 0 radical (unpaired) electrons. The van der Waals surface area contributed by atoms with Crippen LogP contribution in [0.25, 0.3) is 0 Å². The summed E-state index contributed by atoms with van der Waals surface area (Å²) in [5, 5.41) is 3.28. The van der Waals surface area contributed by atoms with Crippen LogP contribution in [0, 0.1) is 0 Å². The molecular weight excluding hydrogens is 266 g/mol. The minimum Gasteiger partial charge on any atom is -0.444 e. The molecule has 0 unspecified atom stereocenters. The highest BCUT2D eigenvalue weighted by Crippen LogP contribution is 2.11. The molecule has 5 nitrogen and oxygen atoms in total. The van der Waals surface area contributed by atoms with E-state index in [2.05, 4.69) is 37.9 Å². The van der Waals surface area contributed by atoms with Crippen LogP contribution in [-0.4, -0.2) is 66.8 Å². The number of ether oxygens (including phenoxy) is 1. The molecule has 1 fully saturated rings. The lowest BCUT2D eigenvalue weighted by atomic mass is 10.2. The Morgan fingerprint density at radius 3 is 2.10 bits per heavy atom. The molecule has 1 heterocycles. The molecule has 1 atom stereocenters. The summed E-state index contributed by atoms with van der Waals surface area (Å²) in [7, 11) is 0. The van der Waals surface area contributed by atoms with Crippen molar-refractivity contribution in [2.24, 2.45) is 0 Å². The van der Waals surface area contributed by atoms with E-state index >= 15 is 0 Å². The monoisotopic (exact) mass is 301 g/mol. The van der Waals surface area contributed by atoms with Gasteiger partial charge in [0.2, 0.25) is 0 Å². The van der Waals surface area contributed by atoms with Gasteiger partial charge < -0.3 is 19.9 Å². The molecule has 1 aliphatic rings. The van der Waals surface area contributed by atoms with Gasteiger partial charge in [-0.15, -0.1) is 0 Å². The zero-order valence-electron chi connectivity index (χ0n) is 15.0. The molecular formula is C16H35N3O2. The Balaban J connectivity index is 0.000000486. The molecule has 1 amide bonds. The van der Waals surface area contributed by atoms with Gasteiger partial charge in [0.05, 0.1) is 0 Å². The van der Waals surface area contributed by atoms with Gasteiger partial charge in [-0.25, -0.2) is 4.79 Å². The van der Waals surface area contributed by atoms with Crippen molar-refractivity contribution in [1.29, 1.82) is 0 Å². The van der Waals surface area contributed by atoms with Gasteiger partial charge in [-0.05, 0) is 47.3 Å². The van der Waals surface area contributed by atoms with Crippen LogP contribution >= 0.6 is 0 Å². The molecule has 21 heavy (non-hydrogen) atoms. The molecule has 1 aliphatic heterocycles. The average Bonchev–Trinajstić information content (AvgIpc) is 2.39. The van der Waals surface area contributed by atoms with Gasteiger partial charge in [0.25, 0.3) is 0 Å². The second-order valence-corrected chi connectivity index (χ2v) is 6.40. The van der Waals surface area contributed by atoms with Crippen LogP contribution in [0.15, 0.2) is 0 Å². The van der Waals surface area contributed by atoms with Gasteiger partial charge >= 0.3 is 6.09 Å². The van der Waals surface area contributed by atoms with E-state index in [0.717, 1.165) is 19.6 Å². The normalized spacial score (nSPS) is 19.0. The Labute approximate surface area is 131 Å². The number of carbonyl (C=O) groups is 1. The van der Waals surface area contributed by atoms with Crippen LogP contribution in [0.5, 0.6) is 0 Å². The number of carbonyl (C=O) groups excluding carboxylic acids is 1. The highest BCUT2D eigenvalue weighted by atomic mass is 16.6. The largest absolute Gasteiger partial charge is 0.444 e. The van der Waals surface area contributed by atoms with Gasteiger partial charge in [-0.3, -0.25) is 0 Å². The molecule has 0 saturated carbocycles. The molecule has 0 aromatic heterocycles. The minimum atomic E-state index is -0.398. The summed E-state index contributed by atoms with van der Waals surface area (Å²) in [6.07, 6.45) is -0.203. The third kappa shape index (κ3) is 9.69. The zero-order chi connectivity index (χ0) is 16.5. The minimum absolute atomic E-state index is 0.203. The first-order chi connectivity index (χ1) is 9.73. The number of hydrogen-bond donors (Lipinski definition) is 1. The van der Waals surface area contributed by atoms with E-state index in [1.54, 1.807) is 4.90 Å². The Hall–Kier alpha value is -0.810. The van der Waals surface area contributed by atoms with E-state index in [0.29, 0.717) is 6.04 Å². The number of nitrogens with zero attached hydrogens (tertiary/aromatic N) is 2.